The first-order valence-electron chi connectivity index (χ1n) is 4.83. The highest BCUT2D eigenvalue weighted by molar-refractivity contribution is 7.07. The second kappa shape index (κ2) is 4.54. The predicted octanol–water partition coefficient (Wildman–Crippen LogP) is 4.36. The van der Waals surface area contributed by atoms with E-state index in [1.807, 2.05) is 0 Å². The van der Waals surface area contributed by atoms with Crippen LogP contribution in [0.4, 0.5) is 13.2 Å². The molecule has 0 radical (unpaired) electrons. The van der Waals surface area contributed by atoms with E-state index in [4.69, 9.17) is 13.0 Å². The molecular weight excluding hydrogens is 275 g/mol. The van der Waals surface area contributed by atoms with Crippen LogP contribution in [-0.4, -0.2) is 11.3 Å². The Morgan fingerprint density at radius 1 is 1.41 bits per heavy atom. The first-order chi connectivity index (χ1) is 8.35. The molecule has 1 heterocycles. The highest BCUT2D eigenvalue weighted by Gasteiger charge is 2.32. The summed E-state index contributed by atoms with van der Waals surface area (Å²) in [7, 11) is 0. The number of alkyl halides is 3. The Bertz CT molecular complexity index is 572. The maximum absolute atomic E-state index is 12.0. The molecular formula is C10H5ClF3NOS. The molecule has 17 heavy (non-hydrogen) atoms. The monoisotopic (exact) mass is 280 g/mol. The summed E-state index contributed by atoms with van der Waals surface area (Å²) in [6.45, 7) is 0. The fourth-order valence-corrected chi connectivity index (χ4v) is 1.91. The van der Waals surface area contributed by atoms with Crippen LogP contribution in [0.5, 0.6) is 5.75 Å². The van der Waals surface area contributed by atoms with E-state index < -0.39 is 12.1 Å². The van der Waals surface area contributed by atoms with Gasteiger partial charge in [-0.05, 0) is 18.2 Å². The van der Waals surface area contributed by atoms with Gasteiger partial charge in [0.05, 0.1) is 17.6 Å². The normalized spacial score (nSPS) is 12.4. The third kappa shape index (κ3) is 3.10. The van der Waals surface area contributed by atoms with Gasteiger partial charge in [-0.3, -0.25) is 0 Å². The number of nitrogens with zero attached hydrogens (tertiary/aromatic N) is 1. The minimum absolute atomic E-state index is 0.122. The molecule has 0 bridgehead atoms. The number of benzene rings is 1. The Hall–Kier alpha value is -1.27. The Balaban J connectivity index is 2.30. The van der Waals surface area contributed by atoms with Crippen molar-refractivity contribution in [3.63, 3.8) is 0 Å². The van der Waals surface area contributed by atoms with Crippen molar-refractivity contribution in [2.24, 2.45) is 0 Å². The quantitative estimate of drug-likeness (QED) is 0.815. The van der Waals surface area contributed by atoms with Gasteiger partial charge >= 0.3 is 6.36 Å². The third-order valence-corrected chi connectivity index (χ3v) is 2.68. The molecule has 0 saturated carbocycles. The van der Waals surface area contributed by atoms with Crippen molar-refractivity contribution < 1.29 is 19.3 Å². The van der Waals surface area contributed by atoms with E-state index in [9.17, 15) is 13.2 Å². The van der Waals surface area contributed by atoms with E-state index >= 15 is 0 Å². The van der Waals surface area contributed by atoms with Crippen molar-refractivity contribution in [3.05, 3.63) is 34.1 Å². The fraction of sp³-hybridized carbons (Fsp3) is 0.100. The second-order valence-corrected chi connectivity index (χ2v) is 4.08. The first kappa shape index (κ1) is 10.9. The fourth-order valence-electron chi connectivity index (χ4n) is 1.18. The van der Waals surface area contributed by atoms with Crippen LogP contribution in [0.3, 0.4) is 0 Å². The second-order valence-electron chi connectivity index (χ2n) is 3.02. The number of thiazole rings is 1. The van der Waals surface area contributed by atoms with Crippen LogP contribution in [0, 0.1) is 0 Å². The molecule has 0 fully saturated rings. The van der Waals surface area contributed by atoms with Crippen molar-refractivity contribution in [2.45, 2.75) is 6.36 Å². The van der Waals surface area contributed by atoms with Crippen LogP contribution in [0.2, 0.25) is 5.02 Å². The van der Waals surface area contributed by atoms with E-state index in [-0.39, 0.29) is 10.5 Å². The first-order valence-corrected chi connectivity index (χ1v) is 5.59. The van der Waals surface area contributed by atoms with Gasteiger partial charge in [-0.15, -0.1) is 24.5 Å². The summed E-state index contributed by atoms with van der Waals surface area (Å²) in [4.78, 5) is 3.89. The zero-order valence-electron chi connectivity index (χ0n) is 9.08. The zero-order valence-corrected chi connectivity index (χ0v) is 9.66. The maximum Gasteiger partial charge on any atom is 0.573 e. The maximum atomic E-state index is 12.0. The standard InChI is InChI=1S/C10H5ClF3NOS/c11-7-3-6(8-4-17-5-15-8)1-2-9(7)16-10(12,13)14/h1-5H/i5D. The summed E-state index contributed by atoms with van der Waals surface area (Å²) in [5.41, 5.74) is 1.14. The molecule has 0 saturated heterocycles. The molecule has 7 heteroatoms. The molecule has 0 aliphatic heterocycles. The number of halogens is 4. The molecule has 1 aromatic carbocycles. The lowest BCUT2D eigenvalue weighted by Crippen LogP contribution is -2.17. The number of aromatic nitrogens is 1. The van der Waals surface area contributed by atoms with E-state index in [1.54, 1.807) is 5.38 Å². The molecule has 2 aromatic rings. The van der Waals surface area contributed by atoms with Gasteiger partial charge in [0.2, 0.25) is 0 Å². The van der Waals surface area contributed by atoms with Crippen molar-refractivity contribution in [2.75, 3.05) is 0 Å². The summed E-state index contributed by atoms with van der Waals surface area (Å²) in [6, 6.07) is 3.84. The van der Waals surface area contributed by atoms with Crippen LogP contribution in [0.15, 0.2) is 29.1 Å². The lowest BCUT2D eigenvalue weighted by Gasteiger charge is -2.10. The van der Waals surface area contributed by atoms with E-state index in [1.165, 1.54) is 12.1 Å². The third-order valence-electron chi connectivity index (χ3n) is 1.84. The molecule has 0 atom stereocenters. The Morgan fingerprint density at radius 2 is 2.18 bits per heavy atom. The lowest BCUT2D eigenvalue weighted by atomic mass is 10.2. The summed E-state index contributed by atoms with van der Waals surface area (Å²) in [5, 5.41) is 1.46. The van der Waals surface area contributed by atoms with Gasteiger partial charge in [-0.25, -0.2) is 4.98 Å². The van der Waals surface area contributed by atoms with Crippen LogP contribution < -0.4 is 4.74 Å². The predicted molar refractivity (Wildman–Crippen MR) is 59.2 cm³/mol. The van der Waals surface area contributed by atoms with Gasteiger partial charge in [0, 0.05) is 10.9 Å². The highest BCUT2D eigenvalue weighted by Crippen LogP contribution is 2.33. The molecule has 2 nitrogen and oxygen atoms in total. The number of hydrogen-bond acceptors (Lipinski definition) is 3. The molecule has 0 N–H and O–H groups in total. The van der Waals surface area contributed by atoms with E-state index in [0.29, 0.717) is 11.3 Å². The molecule has 90 valence electrons. The number of rotatable bonds is 2. The Morgan fingerprint density at radius 3 is 2.71 bits per heavy atom. The molecule has 2 rings (SSSR count). The average molecular weight is 281 g/mol. The minimum Gasteiger partial charge on any atom is -0.404 e. The van der Waals surface area contributed by atoms with Crippen LogP contribution >= 0.6 is 22.9 Å². The summed E-state index contributed by atoms with van der Waals surface area (Å²) in [5.74, 6) is -0.464. The molecule has 0 spiro atoms. The van der Waals surface area contributed by atoms with E-state index in [0.717, 1.165) is 17.4 Å². The van der Waals surface area contributed by atoms with Crippen molar-refractivity contribution in [1.82, 2.24) is 4.98 Å². The van der Waals surface area contributed by atoms with Gasteiger partial charge in [0.1, 0.15) is 5.75 Å². The Labute approximate surface area is 105 Å². The largest absolute Gasteiger partial charge is 0.573 e. The van der Waals surface area contributed by atoms with Gasteiger partial charge in [0.25, 0.3) is 0 Å². The summed E-state index contributed by atoms with van der Waals surface area (Å²) < 4.78 is 47.1. The van der Waals surface area contributed by atoms with Gasteiger partial charge in [-0.2, -0.15) is 0 Å². The molecule has 0 amide bonds. The topological polar surface area (TPSA) is 22.1 Å². The van der Waals surface area contributed by atoms with Crippen LogP contribution in [0.1, 0.15) is 1.37 Å². The average Bonchev–Trinajstić information content (AvgIpc) is 2.66. The van der Waals surface area contributed by atoms with Gasteiger partial charge in [0.15, 0.2) is 0 Å². The SMILES string of the molecule is [2H]c1nc(-c2ccc(OC(F)(F)F)c(Cl)c2)cs1. The number of hydrogen-bond donors (Lipinski definition) is 0. The number of ether oxygens (including phenoxy) is 1. The summed E-state index contributed by atoms with van der Waals surface area (Å²) >= 11 is 6.82. The van der Waals surface area contributed by atoms with Crippen molar-refractivity contribution in [3.8, 4) is 17.0 Å². The van der Waals surface area contributed by atoms with Gasteiger partial charge in [-0.1, -0.05) is 11.6 Å². The molecule has 0 aliphatic carbocycles. The van der Waals surface area contributed by atoms with Crippen LogP contribution in [-0.2, 0) is 0 Å². The van der Waals surface area contributed by atoms with Crippen molar-refractivity contribution in [1.29, 1.82) is 0 Å². The van der Waals surface area contributed by atoms with E-state index in [2.05, 4.69) is 9.72 Å². The lowest BCUT2D eigenvalue weighted by molar-refractivity contribution is -0.274. The zero-order chi connectivity index (χ0) is 13.3. The highest BCUT2D eigenvalue weighted by atomic mass is 35.5. The smallest absolute Gasteiger partial charge is 0.404 e. The Kier molecular flexibility index (Phi) is 2.90. The molecule has 1 aromatic heterocycles. The molecule has 0 unspecified atom stereocenters. The molecule has 0 aliphatic rings. The van der Waals surface area contributed by atoms with Crippen LogP contribution in [0.25, 0.3) is 11.3 Å². The summed E-state index contributed by atoms with van der Waals surface area (Å²) in [6.07, 6.45) is -4.78. The van der Waals surface area contributed by atoms with Crippen molar-refractivity contribution >= 4 is 22.9 Å². The van der Waals surface area contributed by atoms with Gasteiger partial charge < -0.3 is 4.74 Å². The minimum atomic E-state index is -4.78.